The standard InChI is InChI=1S/C13H13BrN4O/c1-7-16-17-12-13(2,3)15-10-5-4-9(14)8(6-19)11(10)18(7)12/h4-6,15H,1-3H3. The first kappa shape index (κ1) is 12.3. The zero-order valence-electron chi connectivity index (χ0n) is 10.9. The Labute approximate surface area is 119 Å². The highest BCUT2D eigenvalue weighted by Gasteiger charge is 2.35. The number of carbonyl (C=O) groups excluding carboxylic acids is 1. The van der Waals surface area contributed by atoms with E-state index in [0.717, 1.165) is 33.8 Å². The fourth-order valence-electron chi connectivity index (χ4n) is 2.46. The van der Waals surface area contributed by atoms with Crippen LogP contribution in [0.1, 0.15) is 35.9 Å². The number of fused-ring (bicyclic) bond motifs is 3. The number of nitrogens with zero attached hydrogens (tertiary/aromatic N) is 3. The van der Waals surface area contributed by atoms with Crippen molar-refractivity contribution in [2.24, 2.45) is 0 Å². The van der Waals surface area contributed by atoms with Gasteiger partial charge in [-0.05, 0) is 48.8 Å². The third-order valence-electron chi connectivity index (χ3n) is 3.34. The molecule has 98 valence electrons. The van der Waals surface area contributed by atoms with Gasteiger partial charge in [-0.25, -0.2) is 0 Å². The van der Waals surface area contributed by atoms with Crippen LogP contribution in [-0.2, 0) is 5.54 Å². The third kappa shape index (κ3) is 1.63. The maximum atomic E-state index is 11.4. The fraction of sp³-hybridized carbons (Fsp3) is 0.308. The zero-order valence-corrected chi connectivity index (χ0v) is 12.4. The van der Waals surface area contributed by atoms with E-state index in [1.54, 1.807) is 0 Å². The Morgan fingerprint density at radius 3 is 2.79 bits per heavy atom. The number of benzene rings is 1. The van der Waals surface area contributed by atoms with Gasteiger partial charge in [-0.2, -0.15) is 0 Å². The van der Waals surface area contributed by atoms with Crippen molar-refractivity contribution in [3.05, 3.63) is 33.8 Å². The van der Waals surface area contributed by atoms with Gasteiger partial charge in [0.25, 0.3) is 0 Å². The van der Waals surface area contributed by atoms with Crippen LogP contribution in [0, 0.1) is 6.92 Å². The Hall–Kier alpha value is -1.69. The number of carbonyl (C=O) groups is 1. The Morgan fingerprint density at radius 2 is 2.11 bits per heavy atom. The number of halogens is 1. The molecule has 3 rings (SSSR count). The van der Waals surface area contributed by atoms with Crippen molar-refractivity contribution >= 4 is 27.9 Å². The van der Waals surface area contributed by atoms with Crippen molar-refractivity contribution in [2.45, 2.75) is 26.3 Å². The van der Waals surface area contributed by atoms with Gasteiger partial charge in [0.1, 0.15) is 5.82 Å². The van der Waals surface area contributed by atoms with E-state index in [9.17, 15) is 4.79 Å². The minimum absolute atomic E-state index is 0.331. The molecule has 0 fully saturated rings. The van der Waals surface area contributed by atoms with E-state index in [-0.39, 0.29) is 5.54 Å². The summed E-state index contributed by atoms with van der Waals surface area (Å²) in [5.41, 5.74) is 1.99. The third-order valence-corrected chi connectivity index (χ3v) is 4.03. The SMILES string of the molecule is Cc1nnc2n1-c1c(ccc(Br)c1C=O)NC2(C)C. The second-order valence-corrected chi connectivity index (χ2v) is 5.99. The molecule has 0 saturated heterocycles. The smallest absolute Gasteiger partial charge is 0.162 e. The van der Waals surface area contributed by atoms with Gasteiger partial charge in [-0.15, -0.1) is 10.2 Å². The van der Waals surface area contributed by atoms with Gasteiger partial charge < -0.3 is 5.32 Å². The Bertz CT molecular complexity index is 690. The van der Waals surface area contributed by atoms with Crippen molar-refractivity contribution in [3.63, 3.8) is 0 Å². The summed E-state index contributed by atoms with van der Waals surface area (Å²) in [6, 6.07) is 3.83. The topological polar surface area (TPSA) is 59.8 Å². The second-order valence-electron chi connectivity index (χ2n) is 5.13. The Morgan fingerprint density at radius 1 is 1.37 bits per heavy atom. The molecule has 1 aliphatic heterocycles. The van der Waals surface area contributed by atoms with Crippen LogP contribution in [-0.4, -0.2) is 21.1 Å². The number of nitrogens with one attached hydrogen (secondary N) is 1. The van der Waals surface area contributed by atoms with Gasteiger partial charge >= 0.3 is 0 Å². The van der Waals surface area contributed by atoms with Crippen LogP contribution < -0.4 is 5.32 Å². The van der Waals surface area contributed by atoms with E-state index in [1.807, 2.05) is 37.5 Å². The lowest BCUT2D eigenvalue weighted by molar-refractivity contribution is 0.112. The molecule has 0 amide bonds. The molecule has 0 spiro atoms. The van der Waals surface area contributed by atoms with E-state index in [4.69, 9.17) is 0 Å². The predicted octanol–water partition coefficient (Wildman–Crippen LogP) is 2.81. The highest BCUT2D eigenvalue weighted by molar-refractivity contribution is 9.10. The lowest BCUT2D eigenvalue weighted by atomic mass is 9.98. The average molecular weight is 321 g/mol. The first-order valence-electron chi connectivity index (χ1n) is 5.94. The number of anilines is 1. The van der Waals surface area contributed by atoms with Crippen LogP contribution in [0.4, 0.5) is 5.69 Å². The molecule has 1 N–H and O–H groups in total. The molecule has 2 aromatic rings. The molecule has 1 aliphatic rings. The average Bonchev–Trinajstić information content (AvgIpc) is 2.73. The van der Waals surface area contributed by atoms with Crippen molar-refractivity contribution in [2.75, 3.05) is 5.32 Å². The number of rotatable bonds is 1. The first-order valence-corrected chi connectivity index (χ1v) is 6.74. The van der Waals surface area contributed by atoms with E-state index in [2.05, 4.69) is 31.4 Å². The van der Waals surface area contributed by atoms with E-state index < -0.39 is 0 Å². The molecule has 2 heterocycles. The van der Waals surface area contributed by atoms with Gasteiger partial charge in [0.15, 0.2) is 12.1 Å². The quantitative estimate of drug-likeness (QED) is 0.821. The van der Waals surface area contributed by atoms with Crippen LogP contribution in [0.5, 0.6) is 0 Å². The summed E-state index contributed by atoms with van der Waals surface area (Å²) >= 11 is 3.42. The predicted molar refractivity (Wildman–Crippen MR) is 75.8 cm³/mol. The molecule has 19 heavy (non-hydrogen) atoms. The van der Waals surface area contributed by atoms with E-state index in [0.29, 0.717) is 5.56 Å². The molecule has 0 unspecified atom stereocenters. The molecular formula is C13H13BrN4O. The van der Waals surface area contributed by atoms with E-state index >= 15 is 0 Å². The van der Waals surface area contributed by atoms with Gasteiger partial charge in [-0.1, -0.05) is 0 Å². The van der Waals surface area contributed by atoms with E-state index in [1.165, 1.54) is 0 Å². The largest absolute Gasteiger partial charge is 0.371 e. The molecule has 6 heteroatoms. The first-order chi connectivity index (χ1) is 8.95. The maximum Gasteiger partial charge on any atom is 0.162 e. The maximum absolute atomic E-state index is 11.4. The van der Waals surface area contributed by atoms with Crippen LogP contribution in [0.25, 0.3) is 5.69 Å². The molecular weight excluding hydrogens is 308 g/mol. The lowest BCUT2D eigenvalue weighted by Crippen LogP contribution is -2.36. The van der Waals surface area contributed by atoms with Crippen molar-refractivity contribution in [1.82, 2.24) is 14.8 Å². The molecule has 1 aromatic heterocycles. The monoisotopic (exact) mass is 320 g/mol. The highest BCUT2D eigenvalue weighted by Crippen LogP contribution is 2.39. The number of hydrogen-bond donors (Lipinski definition) is 1. The number of hydrogen-bond acceptors (Lipinski definition) is 4. The molecule has 0 bridgehead atoms. The minimum Gasteiger partial charge on any atom is -0.371 e. The zero-order chi connectivity index (χ0) is 13.8. The van der Waals surface area contributed by atoms with Crippen molar-refractivity contribution in [3.8, 4) is 5.69 Å². The molecule has 0 atom stereocenters. The van der Waals surface area contributed by atoms with Crippen molar-refractivity contribution in [1.29, 1.82) is 0 Å². The summed E-state index contributed by atoms with van der Waals surface area (Å²) in [6.07, 6.45) is 0.853. The minimum atomic E-state index is -0.331. The van der Waals surface area contributed by atoms with Crippen LogP contribution in [0.2, 0.25) is 0 Å². The summed E-state index contributed by atoms with van der Waals surface area (Å²) in [6.45, 7) is 5.97. The van der Waals surface area contributed by atoms with Crippen molar-refractivity contribution < 1.29 is 4.79 Å². The van der Waals surface area contributed by atoms with Crippen LogP contribution in [0.15, 0.2) is 16.6 Å². The van der Waals surface area contributed by atoms with Gasteiger partial charge in [0.05, 0.1) is 22.5 Å². The number of aryl methyl sites for hydroxylation is 1. The fourth-order valence-corrected chi connectivity index (χ4v) is 2.88. The van der Waals surface area contributed by atoms with Crippen LogP contribution >= 0.6 is 15.9 Å². The van der Waals surface area contributed by atoms with Gasteiger partial charge in [0, 0.05) is 4.47 Å². The number of aldehydes is 1. The summed E-state index contributed by atoms with van der Waals surface area (Å²) in [4.78, 5) is 11.4. The molecule has 1 aromatic carbocycles. The van der Waals surface area contributed by atoms with Gasteiger partial charge in [-0.3, -0.25) is 9.36 Å². The summed E-state index contributed by atoms with van der Waals surface area (Å²) < 4.78 is 2.71. The molecule has 0 aliphatic carbocycles. The summed E-state index contributed by atoms with van der Waals surface area (Å²) in [5.74, 6) is 1.57. The Balaban J connectivity index is 2.42. The normalized spacial score (nSPS) is 15.4. The number of aromatic nitrogens is 3. The second kappa shape index (κ2) is 3.90. The molecule has 0 radical (unpaired) electrons. The van der Waals surface area contributed by atoms with Crippen LogP contribution in [0.3, 0.4) is 0 Å². The summed E-state index contributed by atoms with van der Waals surface area (Å²) in [7, 11) is 0. The lowest BCUT2D eigenvalue weighted by Gasteiger charge is -2.34. The Kier molecular flexibility index (Phi) is 2.53. The van der Waals surface area contributed by atoms with Gasteiger partial charge in [0.2, 0.25) is 0 Å². The molecule has 5 nitrogen and oxygen atoms in total. The highest BCUT2D eigenvalue weighted by atomic mass is 79.9. The summed E-state index contributed by atoms with van der Waals surface area (Å²) in [5, 5.41) is 11.8. The molecule has 0 saturated carbocycles.